The van der Waals surface area contributed by atoms with Gasteiger partial charge in [0.15, 0.2) is 0 Å². The van der Waals surface area contributed by atoms with Crippen molar-refractivity contribution in [3.63, 3.8) is 0 Å². The lowest BCUT2D eigenvalue weighted by atomic mass is 10.4. The van der Waals surface area contributed by atoms with Crippen LogP contribution in [0.3, 0.4) is 0 Å². The summed E-state index contributed by atoms with van der Waals surface area (Å²) < 4.78 is 23.3. The molecule has 0 fully saturated rings. The maximum atomic E-state index is 5.83. The quantitative estimate of drug-likeness (QED) is 0.680. The molecule has 0 bridgehead atoms. The van der Waals surface area contributed by atoms with E-state index in [2.05, 4.69) is 52.0 Å². The molecular formula is C16H30O4Si2. The van der Waals surface area contributed by atoms with Crippen molar-refractivity contribution in [2.45, 2.75) is 38.8 Å². The van der Waals surface area contributed by atoms with Crippen LogP contribution in [0, 0.1) is 0 Å². The zero-order chi connectivity index (χ0) is 17.0. The standard InChI is InChI=1S/C16H30O4Si2/c1-13(2)21(17-5,18-6)15-9-11-16(12-10-15)22(19-7,20-8)14(3)4/h9-14H,1-8H3. The highest BCUT2D eigenvalue weighted by molar-refractivity contribution is 6.83. The van der Waals surface area contributed by atoms with E-state index in [1.807, 2.05) is 0 Å². The molecule has 1 aromatic carbocycles. The minimum atomic E-state index is -2.39. The Hall–Kier alpha value is -0.506. The van der Waals surface area contributed by atoms with Crippen LogP contribution in [-0.4, -0.2) is 45.6 Å². The lowest BCUT2D eigenvalue weighted by molar-refractivity contribution is 0.247. The van der Waals surface area contributed by atoms with Crippen molar-refractivity contribution in [2.24, 2.45) is 0 Å². The first kappa shape index (κ1) is 19.5. The maximum Gasteiger partial charge on any atom is 0.374 e. The first-order valence-corrected chi connectivity index (χ1v) is 11.4. The van der Waals surface area contributed by atoms with Crippen LogP contribution in [0.1, 0.15) is 27.7 Å². The Morgan fingerprint density at radius 2 is 0.818 bits per heavy atom. The van der Waals surface area contributed by atoms with Crippen LogP contribution in [0.4, 0.5) is 0 Å². The van der Waals surface area contributed by atoms with Gasteiger partial charge in [-0.25, -0.2) is 0 Å². The zero-order valence-corrected chi connectivity index (χ0v) is 17.1. The van der Waals surface area contributed by atoms with Gasteiger partial charge in [-0.2, -0.15) is 0 Å². The van der Waals surface area contributed by atoms with Crippen molar-refractivity contribution in [2.75, 3.05) is 28.4 Å². The zero-order valence-electron chi connectivity index (χ0n) is 15.1. The Labute approximate surface area is 137 Å². The van der Waals surface area contributed by atoms with E-state index in [0.29, 0.717) is 11.1 Å². The molecule has 0 spiro atoms. The molecule has 0 aliphatic heterocycles. The molecule has 0 saturated heterocycles. The monoisotopic (exact) mass is 342 g/mol. The van der Waals surface area contributed by atoms with Gasteiger partial charge in [0, 0.05) is 39.5 Å². The summed E-state index contributed by atoms with van der Waals surface area (Å²) in [5.41, 5.74) is 0.649. The van der Waals surface area contributed by atoms with Gasteiger partial charge in [0.05, 0.1) is 0 Å². The third kappa shape index (κ3) is 3.22. The largest absolute Gasteiger partial charge is 0.394 e. The molecule has 0 N–H and O–H groups in total. The molecule has 0 amide bonds. The average molecular weight is 343 g/mol. The van der Waals surface area contributed by atoms with Crippen molar-refractivity contribution in [1.29, 1.82) is 0 Å². The van der Waals surface area contributed by atoms with Gasteiger partial charge >= 0.3 is 17.1 Å². The summed E-state index contributed by atoms with van der Waals surface area (Å²) >= 11 is 0. The SMILES string of the molecule is CO[Si](OC)(c1ccc([Si](OC)(OC)C(C)C)cc1)C(C)C. The van der Waals surface area contributed by atoms with Gasteiger partial charge in [-0.3, -0.25) is 0 Å². The molecule has 0 heterocycles. The van der Waals surface area contributed by atoms with Gasteiger partial charge < -0.3 is 17.7 Å². The molecule has 0 unspecified atom stereocenters. The second kappa shape index (κ2) is 7.85. The highest BCUT2D eigenvalue weighted by Gasteiger charge is 2.44. The number of benzene rings is 1. The summed E-state index contributed by atoms with van der Waals surface area (Å²) in [6.07, 6.45) is 0. The van der Waals surface area contributed by atoms with Crippen molar-refractivity contribution < 1.29 is 17.7 Å². The fourth-order valence-electron chi connectivity index (χ4n) is 3.18. The van der Waals surface area contributed by atoms with Crippen LogP contribution < -0.4 is 10.4 Å². The van der Waals surface area contributed by atoms with Crippen LogP contribution in [0.25, 0.3) is 0 Å². The minimum absolute atomic E-state index is 0.324. The van der Waals surface area contributed by atoms with Gasteiger partial charge in [0.1, 0.15) is 0 Å². The van der Waals surface area contributed by atoms with E-state index >= 15 is 0 Å². The molecule has 0 atom stereocenters. The van der Waals surface area contributed by atoms with Crippen molar-refractivity contribution in [1.82, 2.24) is 0 Å². The van der Waals surface area contributed by atoms with Crippen LogP contribution in [0.15, 0.2) is 24.3 Å². The van der Waals surface area contributed by atoms with E-state index in [0.717, 1.165) is 10.4 Å². The molecule has 0 radical (unpaired) electrons. The molecule has 4 nitrogen and oxygen atoms in total. The van der Waals surface area contributed by atoms with Gasteiger partial charge in [0.25, 0.3) is 0 Å². The Bertz CT molecular complexity index is 409. The fourth-order valence-corrected chi connectivity index (χ4v) is 8.94. The van der Waals surface area contributed by atoms with Gasteiger partial charge in [-0.05, 0) is 10.4 Å². The normalized spacial score (nSPS) is 13.2. The van der Waals surface area contributed by atoms with Crippen LogP contribution >= 0.6 is 0 Å². The van der Waals surface area contributed by atoms with E-state index in [4.69, 9.17) is 17.7 Å². The van der Waals surface area contributed by atoms with E-state index in [1.165, 1.54) is 0 Å². The summed E-state index contributed by atoms with van der Waals surface area (Å²) in [5, 5.41) is 2.27. The predicted molar refractivity (Wildman–Crippen MR) is 95.5 cm³/mol. The first-order chi connectivity index (χ1) is 10.3. The molecular weight excluding hydrogens is 312 g/mol. The number of rotatable bonds is 8. The lowest BCUT2D eigenvalue weighted by Gasteiger charge is -2.33. The summed E-state index contributed by atoms with van der Waals surface area (Å²) in [5.74, 6) is 0. The minimum Gasteiger partial charge on any atom is -0.394 e. The van der Waals surface area contributed by atoms with Crippen molar-refractivity contribution in [3.05, 3.63) is 24.3 Å². The van der Waals surface area contributed by atoms with Gasteiger partial charge in [-0.1, -0.05) is 52.0 Å². The van der Waals surface area contributed by atoms with E-state index in [1.54, 1.807) is 28.4 Å². The predicted octanol–water partition coefficient (Wildman–Crippen LogP) is 2.39. The fraction of sp³-hybridized carbons (Fsp3) is 0.625. The smallest absolute Gasteiger partial charge is 0.374 e. The van der Waals surface area contributed by atoms with E-state index < -0.39 is 17.1 Å². The van der Waals surface area contributed by atoms with Crippen LogP contribution in [0.5, 0.6) is 0 Å². The van der Waals surface area contributed by atoms with Crippen molar-refractivity contribution >= 4 is 27.5 Å². The average Bonchev–Trinajstić information content (AvgIpc) is 2.51. The number of hydrogen-bond donors (Lipinski definition) is 0. The lowest BCUT2D eigenvalue weighted by Crippen LogP contribution is -2.57. The molecule has 0 saturated carbocycles. The third-order valence-corrected chi connectivity index (χ3v) is 12.2. The van der Waals surface area contributed by atoms with Gasteiger partial charge in [0.2, 0.25) is 0 Å². The van der Waals surface area contributed by atoms with E-state index in [9.17, 15) is 0 Å². The molecule has 1 aromatic rings. The Morgan fingerprint density at radius 1 is 0.591 bits per heavy atom. The molecule has 0 aromatic heterocycles. The highest BCUT2D eigenvalue weighted by atomic mass is 28.4. The molecule has 6 heteroatoms. The topological polar surface area (TPSA) is 36.9 Å². The summed E-state index contributed by atoms with van der Waals surface area (Å²) in [6.45, 7) is 8.57. The Balaban J connectivity index is 3.29. The second-order valence-corrected chi connectivity index (χ2v) is 13.8. The third-order valence-electron chi connectivity index (χ3n) is 4.42. The van der Waals surface area contributed by atoms with Crippen LogP contribution in [-0.2, 0) is 17.7 Å². The van der Waals surface area contributed by atoms with Gasteiger partial charge in [-0.15, -0.1) is 0 Å². The molecule has 1 rings (SSSR count). The molecule has 0 aliphatic rings. The summed E-state index contributed by atoms with van der Waals surface area (Å²) in [4.78, 5) is 0. The summed E-state index contributed by atoms with van der Waals surface area (Å²) in [6, 6.07) is 8.43. The Kier molecular flexibility index (Phi) is 6.97. The summed E-state index contributed by atoms with van der Waals surface area (Å²) in [7, 11) is 2.16. The molecule has 0 aliphatic carbocycles. The highest BCUT2D eigenvalue weighted by Crippen LogP contribution is 2.24. The van der Waals surface area contributed by atoms with E-state index in [-0.39, 0.29) is 0 Å². The van der Waals surface area contributed by atoms with Crippen molar-refractivity contribution in [3.8, 4) is 0 Å². The maximum absolute atomic E-state index is 5.83. The second-order valence-electron chi connectivity index (χ2n) is 6.04. The first-order valence-electron chi connectivity index (χ1n) is 7.66. The van der Waals surface area contributed by atoms with Crippen LogP contribution in [0.2, 0.25) is 11.1 Å². The Morgan fingerprint density at radius 3 is 0.955 bits per heavy atom. The molecule has 126 valence electrons. The molecule has 22 heavy (non-hydrogen) atoms. The number of hydrogen-bond acceptors (Lipinski definition) is 4.